The Balaban J connectivity index is 1.52. The number of rotatable bonds is 5. The molecule has 6 nitrogen and oxygen atoms in total. The lowest BCUT2D eigenvalue weighted by Gasteiger charge is -2.07. The lowest BCUT2D eigenvalue weighted by molar-refractivity contribution is 0.823. The minimum absolute atomic E-state index is 0.636. The Morgan fingerprint density at radius 1 is 1.17 bits per heavy atom. The second-order valence-electron chi connectivity index (χ2n) is 6.73. The highest BCUT2D eigenvalue weighted by atomic mass is 35.5. The van der Waals surface area contributed by atoms with E-state index in [0.29, 0.717) is 16.7 Å². The van der Waals surface area contributed by atoms with E-state index in [1.165, 1.54) is 33.3 Å². The molecule has 0 atom stereocenters. The van der Waals surface area contributed by atoms with Gasteiger partial charge in [-0.3, -0.25) is 0 Å². The molecule has 1 aliphatic rings. The second-order valence-corrected chi connectivity index (χ2v) is 10.3. The van der Waals surface area contributed by atoms with Crippen molar-refractivity contribution in [1.82, 2.24) is 24.8 Å². The number of benzene rings is 1. The van der Waals surface area contributed by atoms with Gasteiger partial charge in [0.15, 0.2) is 0 Å². The summed E-state index contributed by atoms with van der Waals surface area (Å²) in [7, 11) is 0. The first-order chi connectivity index (χ1) is 14.1. The van der Waals surface area contributed by atoms with Crippen LogP contribution in [-0.2, 0) is 18.6 Å². The summed E-state index contributed by atoms with van der Waals surface area (Å²) in [4.78, 5) is 13.4. The maximum absolute atomic E-state index is 6.08. The molecule has 1 aromatic carbocycles. The number of nitrogens with zero attached hydrogens (tertiary/aromatic N) is 5. The normalized spacial score (nSPS) is 13.3. The Morgan fingerprint density at radius 3 is 2.76 bits per heavy atom. The van der Waals surface area contributed by atoms with Crippen LogP contribution in [0.1, 0.15) is 28.5 Å². The quantitative estimate of drug-likeness (QED) is 0.258. The third-order valence-electron chi connectivity index (χ3n) is 4.78. The minimum atomic E-state index is 0.636. The largest absolute Gasteiger partial charge is 0.336 e. The van der Waals surface area contributed by atoms with Crippen LogP contribution in [0.3, 0.4) is 0 Å². The van der Waals surface area contributed by atoms with Crippen LogP contribution in [0.2, 0.25) is 5.02 Å². The molecule has 29 heavy (non-hydrogen) atoms. The highest BCUT2D eigenvalue weighted by Gasteiger charge is 2.24. The first kappa shape index (κ1) is 19.2. The molecule has 0 radical (unpaired) electrons. The molecule has 0 saturated heterocycles. The molecule has 3 heterocycles. The van der Waals surface area contributed by atoms with Gasteiger partial charge in [-0.2, -0.15) is 0 Å². The first-order valence-corrected chi connectivity index (χ1v) is 12.1. The number of thioether (sulfide) groups is 1. The minimum Gasteiger partial charge on any atom is -0.336 e. The maximum Gasteiger partial charge on any atom is 0.216 e. The first-order valence-electron chi connectivity index (χ1n) is 9.13. The Hall–Kier alpha value is -1.81. The molecule has 0 fully saturated rings. The summed E-state index contributed by atoms with van der Waals surface area (Å²) in [6.07, 6.45) is 3.41. The molecule has 0 aliphatic heterocycles. The van der Waals surface area contributed by atoms with Gasteiger partial charge in [0.25, 0.3) is 0 Å². The summed E-state index contributed by atoms with van der Waals surface area (Å²) in [5, 5.41) is 11.7. The maximum atomic E-state index is 6.08. The van der Waals surface area contributed by atoms with Gasteiger partial charge >= 0.3 is 0 Å². The lowest BCUT2D eigenvalue weighted by atomic mass is 10.2. The van der Waals surface area contributed by atoms with Gasteiger partial charge in [-0.15, -0.1) is 33.3 Å². The third kappa shape index (κ3) is 3.72. The molecule has 148 valence electrons. The van der Waals surface area contributed by atoms with Crippen LogP contribution in [0.25, 0.3) is 10.2 Å². The second kappa shape index (κ2) is 7.79. The molecule has 3 aromatic heterocycles. The molecule has 0 spiro atoms. The van der Waals surface area contributed by atoms with E-state index in [1.54, 1.807) is 23.1 Å². The van der Waals surface area contributed by atoms with Crippen molar-refractivity contribution in [3.8, 4) is 0 Å². The Bertz CT molecular complexity index is 1200. The number of nitrogens with two attached hydrogens (primary N) is 1. The van der Waals surface area contributed by atoms with Crippen molar-refractivity contribution in [1.29, 1.82) is 0 Å². The topological polar surface area (TPSA) is 82.5 Å². The summed E-state index contributed by atoms with van der Waals surface area (Å²) < 4.78 is 1.51. The van der Waals surface area contributed by atoms with E-state index in [-0.39, 0.29) is 0 Å². The van der Waals surface area contributed by atoms with E-state index in [2.05, 4.69) is 10.2 Å². The predicted molar refractivity (Wildman–Crippen MR) is 119 cm³/mol. The number of nitrogen functional groups attached to an aromatic ring is 1. The average Bonchev–Trinajstić information content (AvgIpc) is 3.38. The Kier molecular flexibility index (Phi) is 5.15. The fraction of sp³-hybridized carbons (Fsp3) is 0.263. The Morgan fingerprint density at radius 2 is 2.00 bits per heavy atom. The van der Waals surface area contributed by atoms with Crippen molar-refractivity contribution in [3.63, 3.8) is 0 Å². The van der Waals surface area contributed by atoms with Crippen LogP contribution in [-0.4, -0.2) is 24.8 Å². The number of thiophene rings is 1. The van der Waals surface area contributed by atoms with Crippen molar-refractivity contribution in [2.45, 2.75) is 47.0 Å². The molecule has 0 unspecified atom stereocenters. The zero-order valence-corrected chi connectivity index (χ0v) is 18.8. The molecule has 0 amide bonds. The van der Waals surface area contributed by atoms with Gasteiger partial charge in [0.05, 0.1) is 5.75 Å². The van der Waals surface area contributed by atoms with E-state index in [0.717, 1.165) is 43.8 Å². The summed E-state index contributed by atoms with van der Waals surface area (Å²) in [5.41, 5.74) is 1.39. The van der Waals surface area contributed by atoms with Gasteiger partial charge in [-0.25, -0.2) is 14.6 Å². The number of aromatic nitrogens is 5. The SMILES string of the molecule is Cc1nnc(Sc2nc(CSc3ccc(Cl)cc3)nc3sc4c(c23)CCC4)n1N. The summed E-state index contributed by atoms with van der Waals surface area (Å²) in [5.74, 6) is 8.24. The van der Waals surface area contributed by atoms with E-state index in [4.69, 9.17) is 27.4 Å². The van der Waals surface area contributed by atoms with Crippen molar-refractivity contribution in [3.05, 3.63) is 51.4 Å². The van der Waals surface area contributed by atoms with Gasteiger partial charge in [0.2, 0.25) is 5.16 Å². The fourth-order valence-corrected chi connectivity index (χ4v) is 6.51. The molecular formula is C19H17ClN6S3. The number of aryl methyl sites for hydroxylation is 3. The highest BCUT2D eigenvalue weighted by Crippen LogP contribution is 2.42. The summed E-state index contributed by atoms with van der Waals surface area (Å²) >= 11 is 10.9. The van der Waals surface area contributed by atoms with Gasteiger partial charge in [0, 0.05) is 20.2 Å². The average molecular weight is 461 g/mol. The van der Waals surface area contributed by atoms with Crippen LogP contribution in [0, 0.1) is 6.92 Å². The van der Waals surface area contributed by atoms with E-state index in [9.17, 15) is 0 Å². The summed E-state index contributed by atoms with van der Waals surface area (Å²) in [6, 6.07) is 7.83. The van der Waals surface area contributed by atoms with Crippen LogP contribution >= 0.6 is 46.5 Å². The number of halogens is 1. The van der Waals surface area contributed by atoms with Crippen molar-refractivity contribution in [2.75, 3.05) is 5.84 Å². The highest BCUT2D eigenvalue weighted by molar-refractivity contribution is 7.99. The van der Waals surface area contributed by atoms with Gasteiger partial charge in [0.1, 0.15) is 21.5 Å². The van der Waals surface area contributed by atoms with E-state index >= 15 is 0 Å². The zero-order chi connectivity index (χ0) is 20.0. The van der Waals surface area contributed by atoms with Crippen molar-refractivity contribution >= 4 is 56.7 Å². The third-order valence-corrected chi connectivity index (χ3v) is 8.18. The lowest BCUT2D eigenvalue weighted by Crippen LogP contribution is -2.11. The molecule has 1 aliphatic carbocycles. The van der Waals surface area contributed by atoms with Crippen LogP contribution in [0.15, 0.2) is 39.3 Å². The monoisotopic (exact) mass is 460 g/mol. The van der Waals surface area contributed by atoms with Crippen LogP contribution < -0.4 is 5.84 Å². The Labute approximate surface area is 185 Å². The fourth-order valence-electron chi connectivity index (χ4n) is 3.33. The van der Waals surface area contributed by atoms with Crippen molar-refractivity contribution < 1.29 is 0 Å². The number of hydrogen-bond acceptors (Lipinski definition) is 8. The van der Waals surface area contributed by atoms with E-state index < -0.39 is 0 Å². The zero-order valence-electron chi connectivity index (χ0n) is 15.6. The molecule has 0 bridgehead atoms. The molecule has 0 saturated carbocycles. The van der Waals surface area contributed by atoms with Crippen molar-refractivity contribution in [2.24, 2.45) is 0 Å². The molecule has 4 aromatic rings. The van der Waals surface area contributed by atoms with Gasteiger partial charge < -0.3 is 5.84 Å². The molecule has 10 heteroatoms. The smallest absolute Gasteiger partial charge is 0.216 e. The van der Waals surface area contributed by atoms with Crippen LogP contribution in [0.4, 0.5) is 0 Å². The van der Waals surface area contributed by atoms with Gasteiger partial charge in [-0.05, 0) is 67.8 Å². The summed E-state index contributed by atoms with van der Waals surface area (Å²) in [6.45, 7) is 1.84. The van der Waals surface area contributed by atoms with Gasteiger partial charge in [-0.1, -0.05) is 11.6 Å². The molecule has 2 N–H and O–H groups in total. The van der Waals surface area contributed by atoms with Crippen LogP contribution in [0.5, 0.6) is 0 Å². The standard InChI is InChI=1S/C19H17ClN6S3/c1-10-24-25-19(26(10)21)29-18-16-13-3-2-4-14(13)28-17(16)22-15(23-18)9-27-12-7-5-11(20)6-8-12/h5-8H,2-4,9,21H2,1H3. The predicted octanol–water partition coefficient (Wildman–Crippen LogP) is 4.89. The van der Waals surface area contributed by atoms with E-state index in [1.807, 2.05) is 31.2 Å². The number of hydrogen-bond donors (Lipinski definition) is 1. The molecule has 5 rings (SSSR count). The molecular weight excluding hydrogens is 444 g/mol. The number of fused-ring (bicyclic) bond motifs is 3.